The van der Waals surface area contributed by atoms with Crippen LogP contribution < -0.4 is 10.2 Å². The largest absolute Gasteiger partial charge is 0.368 e. The molecular weight excluding hydrogens is 320 g/mol. The maximum absolute atomic E-state index is 12.0. The van der Waals surface area contributed by atoms with Gasteiger partial charge in [0.05, 0.1) is 17.6 Å². The fourth-order valence-electron chi connectivity index (χ4n) is 3.30. The molecule has 5 rings (SSSR count). The van der Waals surface area contributed by atoms with Gasteiger partial charge in [-0.1, -0.05) is 15.9 Å². The van der Waals surface area contributed by atoms with E-state index >= 15 is 0 Å². The number of carbonyl (C=O) groups is 1. The lowest BCUT2D eigenvalue weighted by Crippen LogP contribution is -2.43. The Kier molecular flexibility index (Phi) is 2.73. The molecule has 2 atom stereocenters. The maximum atomic E-state index is 12.0. The maximum Gasteiger partial charge on any atom is 0.225 e. The molecule has 2 bridgehead atoms. The van der Waals surface area contributed by atoms with Gasteiger partial charge < -0.3 is 10.2 Å². The van der Waals surface area contributed by atoms with Crippen LogP contribution in [-0.4, -0.2) is 35.2 Å². The van der Waals surface area contributed by atoms with E-state index in [-0.39, 0.29) is 17.9 Å². The molecule has 3 saturated heterocycles. The Bertz CT molecular complexity index is 683. The van der Waals surface area contributed by atoms with E-state index in [0.717, 1.165) is 47.0 Å². The number of aromatic amines is 1. The van der Waals surface area contributed by atoms with E-state index in [9.17, 15) is 4.79 Å². The van der Waals surface area contributed by atoms with E-state index in [1.54, 1.807) is 0 Å². The Morgan fingerprint density at radius 2 is 2.20 bits per heavy atom. The van der Waals surface area contributed by atoms with Crippen LogP contribution in [-0.2, 0) is 4.79 Å². The molecule has 4 heterocycles. The van der Waals surface area contributed by atoms with Gasteiger partial charge in [-0.2, -0.15) is 5.10 Å². The lowest BCUT2D eigenvalue weighted by atomic mass is 9.96. The molecule has 1 amide bonds. The van der Waals surface area contributed by atoms with Crippen molar-refractivity contribution in [1.82, 2.24) is 15.5 Å². The molecule has 2 aromatic rings. The number of fused-ring (bicyclic) bond motifs is 5. The molecule has 3 fully saturated rings. The molecule has 0 spiro atoms. The Morgan fingerprint density at radius 1 is 1.30 bits per heavy atom. The first-order valence-electron chi connectivity index (χ1n) is 6.88. The molecule has 2 N–H and O–H groups in total. The van der Waals surface area contributed by atoms with Gasteiger partial charge in [0.15, 0.2) is 0 Å². The van der Waals surface area contributed by atoms with Crippen molar-refractivity contribution in [2.45, 2.75) is 18.9 Å². The van der Waals surface area contributed by atoms with Crippen molar-refractivity contribution in [2.75, 3.05) is 18.0 Å². The van der Waals surface area contributed by atoms with Crippen LogP contribution >= 0.6 is 15.9 Å². The Morgan fingerprint density at radius 3 is 3.05 bits per heavy atom. The van der Waals surface area contributed by atoms with Crippen molar-refractivity contribution in [3.63, 3.8) is 0 Å². The first-order chi connectivity index (χ1) is 9.70. The van der Waals surface area contributed by atoms with Crippen LogP contribution in [0.25, 0.3) is 10.9 Å². The fourth-order valence-corrected chi connectivity index (χ4v) is 3.74. The van der Waals surface area contributed by atoms with E-state index in [2.05, 4.69) is 42.4 Å². The molecule has 0 unspecified atom stereocenters. The highest BCUT2D eigenvalue weighted by Crippen LogP contribution is 2.33. The summed E-state index contributed by atoms with van der Waals surface area (Å²) in [6.45, 7) is 1.66. The van der Waals surface area contributed by atoms with Gasteiger partial charge in [0, 0.05) is 34.7 Å². The number of rotatable bonds is 1. The summed E-state index contributed by atoms with van der Waals surface area (Å²) in [5.74, 6) is 0.317. The number of piperidine rings is 1. The van der Waals surface area contributed by atoms with Crippen molar-refractivity contribution in [3.8, 4) is 0 Å². The van der Waals surface area contributed by atoms with Gasteiger partial charge in [-0.3, -0.25) is 9.89 Å². The molecule has 20 heavy (non-hydrogen) atoms. The Balaban J connectivity index is 1.79. The molecule has 0 aliphatic carbocycles. The number of H-pyrrole nitrogens is 1. The number of nitrogens with zero attached hydrogens (tertiary/aromatic N) is 2. The molecule has 6 heteroatoms. The lowest BCUT2D eigenvalue weighted by Gasteiger charge is -2.25. The van der Waals surface area contributed by atoms with E-state index < -0.39 is 0 Å². The number of carbonyl (C=O) groups excluding carboxylic acids is 1. The third kappa shape index (κ3) is 1.90. The summed E-state index contributed by atoms with van der Waals surface area (Å²) in [6, 6.07) is 4.41. The Hall–Kier alpha value is -1.56. The summed E-state index contributed by atoms with van der Waals surface area (Å²) < 4.78 is 1.03. The number of anilines is 1. The van der Waals surface area contributed by atoms with Crippen molar-refractivity contribution in [1.29, 1.82) is 0 Å². The predicted molar refractivity (Wildman–Crippen MR) is 80.7 cm³/mol. The van der Waals surface area contributed by atoms with Crippen molar-refractivity contribution >= 4 is 38.4 Å². The quantitative estimate of drug-likeness (QED) is 0.838. The average Bonchev–Trinajstić information content (AvgIpc) is 2.70. The van der Waals surface area contributed by atoms with Crippen molar-refractivity contribution < 1.29 is 4.79 Å². The number of hydrogen-bond acceptors (Lipinski definition) is 3. The third-order valence-corrected chi connectivity index (χ3v) is 4.76. The first kappa shape index (κ1) is 12.2. The number of amides is 1. The summed E-state index contributed by atoms with van der Waals surface area (Å²) >= 11 is 3.55. The minimum absolute atomic E-state index is 0.106. The van der Waals surface area contributed by atoms with Crippen LogP contribution in [0.5, 0.6) is 0 Å². The van der Waals surface area contributed by atoms with Crippen LogP contribution in [0.15, 0.2) is 22.8 Å². The minimum Gasteiger partial charge on any atom is -0.368 e. The topological polar surface area (TPSA) is 61.0 Å². The lowest BCUT2D eigenvalue weighted by molar-refractivity contribution is -0.126. The predicted octanol–water partition coefficient (Wildman–Crippen LogP) is 2.04. The Labute approximate surface area is 124 Å². The van der Waals surface area contributed by atoms with E-state index in [1.165, 1.54) is 0 Å². The molecule has 0 saturated carbocycles. The van der Waals surface area contributed by atoms with Gasteiger partial charge >= 0.3 is 0 Å². The number of aromatic nitrogens is 2. The second-order valence-corrected chi connectivity index (χ2v) is 6.56. The minimum atomic E-state index is 0.106. The number of halogens is 1. The number of nitrogens with one attached hydrogen (secondary N) is 2. The van der Waals surface area contributed by atoms with Gasteiger partial charge in [-0.25, -0.2) is 0 Å². The van der Waals surface area contributed by atoms with Crippen molar-refractivity contribution in [3.05, 3.63) is 22.8 Å². The summed E-state index contributed by atoms with van der Waals surface area (Å²) in [4.78, 5) is 14.3. The van der Waals surface area contributed by atoms with Crippen LogP contribution in [0.1, 0.15) is 12.8 Å². The second-order valence-electron chi connectivity index (χ2n) is 5.64. The van der Waals surface area contributed by atoms with Gasteiger partial charge in [0.25, 0.3) is 0 Å². The summed E-state index contributed by atoms with van der Waals surface area (Å²) in [7, 11) is 0. The highest BCUT2D eigenvalue weighted by atomic mass is 79.9. The zero-order valence-corrected chi connectivity index (χ0v) is 12.5. The summed E-state index contributed by atoms with van der Waals surface area (Å²) in [6.07, 6.45) is 3.93. The van der Waals surface area contributed by atoms with Gasteiger partial charge in [0.1, 0.15) is 0 Å². The standard InChI is InChI=1S/C14H15BrN4O/c15-9-3-12-11(5-16-18-12)13(4-9)19-6-8-1-2-10(7-19)17-14(8)20/h3-5,8,10H,1-2,6-7H2,(H,16,18)(H,17,20)/t8-,10+/m1/s1. The van der Waals surface area contributed by atoms with E-state index in [1.807, 2.05) is 12.3 Å². The second kappa shape index (κ2) is 4.48. The normalized spacial score (nSPS) is 25.9. The zero-order valence-electron chi connectivity index (χ0n) is 10.9. The van der Waals surface area contributed by atoms with Gasteiger partial charge in [0.2, 0.25) is 5.91 Å². The van der Waals surface area contributed by atoms with Crippen molar-refractivity contribution in [2.24, 2.45) is 5.92 Å². The van der Waals surface area contributed by atoms with Gasteiger partial charge in [-0.05, 0) is 25.0 Å². The van der Waals surface area contributed by atoms with E-state index in [0.29, 0.717) is 0 Å². The molecule has 104 valence electrons. The molecule has 5 nitrogen and oxygen atoms in total. The SMILES string of the molecule is O=C1N[C@H]2CC[C@@H]1CN(c1cc(Br)cc3[nH]ncc13)C2. The summed E-state index contributed by atoms with van der Waals surface area (Å²) in [5.41, 5.74) is 2.17. The molecular formula is C14H15BrN4O. The van der Waals surface area contributed by atoms with Gasteiger partial charge in [-0.15, -0.1) is 0 Å². The highest BCUT2D eigenvalue weighted by Gasteiger charge is 2.35. The zero-order chi connectivity index (χ0) is 13.7. The highest BCUT2D eigenvalue weighted by molar-refractivity contribution is 9.10. The molecule has 0 radical (unpaired) electrons. The number of benzene rings is 1. The molecule has 1 aromatic carbocycles. The first-order valence-corrected chi connectivity index (χ1v) is 7.68. The molecule has 3 aliphatic rings. The van der Waals surface area contributed by atoms with Crippen LogP contribution in [0.3, 0.4) is 0 Å². The van der Waals surface area contributed by atoms with Crippen LogP contribution in [0.4, 0.5) is 5.69 Å². The van der Waals surface area contributed by atoms with Crippen LogP contribution in [0, 0.1) is 5.92 Å². The number of hydrogen-bond donors (Lipinski definition) is 2. The smallest absolute Gasteiger partial charge is 0.225 e. The van der Waals surface area contributed by atoms with Crippen LogP contribution in [0.2, 0.25) is 0 Å². The molecule has 1 aromatic heterocycles. The molecule has 3 aliphatic heterocycles. The average molecular weight is 335 g/mol. The van der Waals surface area contributed by atoms with E-state index in [4.69, 9.17) is 0 Å². The fraction of sp³-hybridized carbons (Fsp3) is 0.429. The monoisotopic (exact) mass is 334 g/mol. The summed E-state index contributed by atoms with van der Waals surface area (Å²) in [5, 5.41) is 11.4. The third-order valence-electron chi connectivity index (χ3n) is 4.30.